The number of nitrogens with zero attached hydrogens (tertiary/aromatic N) is 2. The minimum Gasteiger partial charge on any atom is -0.339 e. The van der Waals surface area contributed by atoms with Gasteiger partial charge in [-0.1, -0.05) is 45.0 Å². The lowest BCUT2D eigenvalue weighted by molar-refractivity contribution is -0.141. The van der Waals surface area contributed by atoms with Crippen molar-refractivity contribution in [3.8, 4) is 0 Å². The minimum absolute atomic E-state index is 0.0199. The predicted octanol–water partition coefficient (Wildman–Crippen LogP) is 1.58. The molecule has 1 atom stereocenters. The summed E-state index contributed by atoms with van der Waals surface area (Å²) in [5, 5.41) is 0. The molecule has 1 aromatic rings. The summed E-state index contributed by atoms with van der Waals surface area (Å²) in [4.78, 5) is 28.6. The SMILES string of the molecule is Cc1ccccc1CC(=O)N1CCN(C(=O)[C@@H](N)C(C)(C)C)CC1. The molecule has 1 aromatic carbocycles. The van der Waals surface area contributed by atoms with Crippen molar-refractivity contribution in [2.75, 3.05) is 26.2 Å². The monoisotopic (exact) mass is 331 g/mol. The van der Waals surface area contributed by atoms with Gasteiger partial charge < -0.3 is 15.5 Å². The third-order valence-corrected chi connectivity index (χ3v) is 4.75. The van der Waals surface area contributed by atoms with Crippen LogP contribution < -0.4 is 5.73 Å². The fraction of sp³-hybridized carbons (Fsp3) is 0.579. The summed E-state index contributed by atoms with van der Waals surface area (Å²) < 4.78 is 0. The smallest absolute Gasteiger partial charge is 0.240 e. The molecule has 1 saturated heterocycles. The standard InChI is InChI=1S/C19H29N3O2/c1-14-7-5-6-8-15(14)13-16(23)21-9-11-22(12-10-21)18(24)17(20)19(2,3)4/h5-8,17H,9-13,20H2,1-4H3/t17-/m1/s1. The Kier molecular flexibility index (Phi) is 5.65. The summed E-state index contributed by atoms with van der Waals surface area (Å²) in [7, 11) is 0. The molecule has 1 aliphatic heterocycles. The van der Waals surface area contributed by atoms with Crippen molar-refractivity contribution in [3.63, 3.8) is 0 Å². The number of carbonyl (C=O) groups excluding carboxylic acids is 2. The molecule has 0 unspecified atom stereocenters. The molecule has 0 radical (unpaired) electrons. The maximum Gasteiger partial charge on any atom is 0.240 e. The molecule has 132 valence electrons. The first-order valence-electron chi connectivity index (χ1n) is 8.57. The summed E-state index contributed by atoms with van der Waals surface area (Å²) in [5.74, 6) is 0.102. The fourth-order valence-electron chi connectivity index (χ4n) is 2.83. The van der Waals surface area contributed by atoms with Gasteiger partial charge >= 0.3 is 0 Å². The molecule has 5 nitrogen and oxygen atoms in total. The lowest BCUT2D eigenvalue weighted by Gasteiger charge is -2.38. The van der Waals surface area contributed by atoms with E-state index in [1.165, 1.54) is 0 Å². The van der Waals surface area contributed by atoms with Gasteiger partial charge in [0.15, 0.2) is 0 Å². The van der Waals surface area contributed by atoms with Crippen LogP contribution in [0, 0.1) is 12.3 Å². The van der Waals surface area contributed by atoms with Crippen LogP contribution in [0.3, 0.4) is 0 Å². The van der Waals surface area contributed by atoms with E-state index in [1.54, 1.807) is 4.90 Å². The number of hydrogen-bond acceptors (Lipinski definition) is 3. The molecule has 1 fully saturated rings. The molecule has 0 spiro atoms. The minimum atomic E-state index is -0.508. The van der Waals surface area contributed by atoms with Gasteiger partial charge in [0.1, 0.15) is 0 Å². The zero-order valence-electron chi connectivity index (χ0n) is 15.2. The topological polar surface area (TPSA) is 66.6 Å². The van der Waals surface area contributed by atoms with Crippen LogP contribution >= 0.6 is 0 Å². The van der Waals surface area contributed by atoms with Crippen LogP contribution in [0.15, 0.2) is 24.3 Å². The van der Waals surface area contributed by atoms with Crippen LogP contribution in [0.1, 0.15) is 31.9 Å². The van der Waals surface area contributed by atoms with Crippen LogP contribution in [-0.4, -0.2) is 53.8 Å². The van der Waals surface area contributed by atoms with Crippen LogP contribution in [0.5, 0.6) is 0 Å². The van der Waals surface area contributed by atoms with Crippen LogP contribution in [0.2, 0.25) is 0 Å². The lowest BCUT2D eigenvalue weighted by Crippen LogP contribution is -2.57. The molecule has 5 heteroatoms. The summed E-state index contributed by atoms with van der Waals surface area (Å²) in [6.07, 6.45) is 0.419. The van der Waals surface area contributed by atoms with E-state index in [1.807, 2.05) is 56.9 Å². The maximum absolute atomic E-state index is 12.5. The van der Waals surface area contributed by atoms with Crippen molar-refractivity contribution >= 4 is 11.8 Å². The molecule has 1 aliphatic rings. The molecule has 0 saturated carbocycles. The molecule has 1 heterocycles. The maximum atomic E-state index is 12.5. The van der Waals surface area contributed by atoms with E-state index in [0.29, 0.717) is 32.6 Å². The fourth-order valence-corrected chi connectivity index (χ4v) is 2.83. The summed E-state index contributed by atoms with van der Waals surface area (Å²) in [5.41, 5.74) is 8.01. The summed E-state index contributed by atoms with van der Waals surface area (Å²) in [6.45, 7) is 10.2. The Morgan fingerprint density at radius 1 is 1.08 bits per heavy atom. The zero-order chi connectivity index (χ0) is 17.9. The second-order valence-electron chi connectivity index (χ2n) is 7.65. The largest absolute Gasteiger partial charge is 0.339 e. The average molecular weight is 331 g/mol. The molecule has 0 aromatic heterocycles. The number of amides is 2. The van der Waals surface area contributed by atoms with Crippen molar-refractivity contribution < 1.29 is 9.59 Å². The molecule has 2 amide bonds. The van der Waals surface area contributed by atoms with Crippen LogP contribution in [0.4, 0.5) is 0 Å². The number of hydrogen-bond donors (Lipinski definition) is 1. The molecule has 2 rings (SSSR count). The second-order valence-corrected chi connectivity index (χ2v) is 7.65. The van der Waals surface area contributed by atoms with Crippen LogP contribution in [-0.2, 0) is 16.0 Å². The average Bonchev–Trinajstić information content (AvgIpc) is 2.55. The van der Waals surface area contributed by atoms with E-state index >= 15 is 0 Å². The predicted molar refractivity (Wildman–Crippen MR) is 95.5 cm³/mol. The Balaban J connectivity index is 1.89. The zero-order valence-corrected chi connectivity index (χ0v) is 15.2. The molecule has 24 heavy (non-hydrogen) atoms. The molecular formula is C19H29N3O2. The third-order valence-electron chi connectivity index (χ3n) is 4.75. The number of carbonyl (C=O) groups is 2. The highest BCUT2D eigenvalue weighted by Gasteiger charge is 2.33. The number of aryl methyl sites for hydroxylation is 1. The van der Waals surface area contributed by atoms with Crippen LogP contribution in [0.25, 0.3) is 0 Å². The highest BCUT2D eigenvalue weighted by atomic mass is 16.2. The van der Waals surface area contributed by atoms with Crippen molar-refractivity contribution in [3.05, 3.63) is 35.4 Å². The summed E-state index contributed by atoms with van der Waals surface area (Å²) in [6, 6.07) is 7.45. The van der Waals surface area contributed by atoms with E-state index in [9.17, 15) is 9.59 Å². The first-order chi connectivity index (χ1) is 11.2. The Hall–Kier alpha value is -1.88. The normalized spacial score (nSPS) is 16.9. The van der Waals surface area contributed by atoms with E-state index in [4.69, 9.17) is 5.73 Å². The van der Waals surface area contributed by atoms with Gasteiger partial charge in [0, 0.05) is 26.2 Å². The molecule has 0 aliphatic carbocycles. The Labute approximate surface area is 144 Å². The molecular weight excluding hydrogens is 302 g/mol. The Morgan fingerprint density at radius 2 is 1.62 bits per heavy atom. The van der Waals surface area contributed by atoms with Crippen molar-refractivity contribution in [1.29, 1.82) is 0 Å². The van der Waals surface area contributed by atoms with Gasteiger partial charge in [0.25, 0.3) is 0 Å². The number of nitrogens with two attached hydrogens (primary N) is 1. The molecule has 0 bridgehead atoms. The highest BCUT2D eigenvalue weighted by molar-refractivity contribution is 5.83. The van der Waals surface area contributed by atoms with Gasteiger partial charge in [0.05, 0.1) is 12.5 Å². The van der Waals surface area contributed by atoms with Gasteiger partial charge in [-0.25, -0.2) is 0 Å². The highest BCUT2D eigenvalue weighted by Crippen LogP contribution is 2.20. The van der Waals surface area contributed by atoms with E-state index in [0.717, 1.165) is 11.1 Å². The van der Waals surface area contributed by atoms with E-state index < -0.39 is 6.04 Å². The summed E-state index contributed by atoms with van der Waals surface area (Å²) >= 11 is 0. The Morgan fingerprint density at radius 3 is 2.17 bits per heavy atom. The van der Waals surface area contributed by atoms with Crippen molar-refractivity contribution in [2.24, 2.45) is 11.1 Å². The quantitative estimate of drug-likeness (QED) is 0.914. The van der Waals surface area contributed by atoms with Gasteiger partial charge in [-0.2, -0.15) is 0 Å². The van der Waals surface area contributed by atoms with Gasteiger partial charge in [-0.15, -0.1) is 0 Å². The van der Waals surface area contributed by atoms with Gasteiger partial charge in [0.2, 0.25) is 11.8 Å². The first-order valence-corrected chi connectivity index (χ1v) is 8.57. The van der Waals surface area contributed by atoms with E-state index in [2.05, 4.69) is 0 Å². The van der Waals surface area contributed by atoms with Crippen molar-refractivity contribution in [2.45, 2.75) is 40.2 Å². The third kappa shape index (κ3) is 4.35. The number of benzene rings is 1. The van der Waals surface area contributed by atoms with E-state index in [-0.39, 0.29) is 17.2 Å². The lowest BCUT2D eigenvalue weighted by atomic mass is 9.86. The van der Waals surface area contributed by atoms with Gasteiger partial charge in [-0.05, 0) is 23.5 Å². The molecule has 2 N–H and O–H groups in total. The first kappa shape index (κ1) is 18.5. The Bertz CT molecular complexity index is 599. The van der Waals surface area contributed by atoms with Crippen molar-refractivity contribution in [1.82, 2.24) is 9.80 Å². The second kappa shape index (κ2) is 7.34. The number of piperazine rings is 1. The van der Waals surface area contributed by atoms with Gasteiger partial charge in [-0.3, -0.25) is 9.59 Å². The number of rotatable bonds is 3.